The lowest BCUT2D eigenvalue weighted by atomic mass is 10.1. The highest BCUT2D eigenvalue weighted by molar-refractivity contribution is 5.09. The number of nitrogens with zero attached hydrogens (tertiary/aromatic N) is 2. The molecule has 0 aliphatic rings. The maximum absolute atomic E-state index is 9.12. The summed E-state index contributed by atoms with van der Waals surface area (Å²) in [6.07, 6.45) is 6.99. The molecule has 17 heavy (non-hydrogen) atoms. The lowest BCUT2D eigenvalue weighted by molar-refractivity contribution is 0.145. The van der Waals surface area contributed by atoms with E-state index in [0.29, 0.717) is 6.04 Å². The minimum absolute atomic E-state index is 0.243. The van der Waals surface area contributed by atoms with Crippen molar-refractivity contribution in [2.75, 3.05) is 19.7 Å². The Labute approximate surface area is 104 Å². The van der Waals surface area contributed by atoms with Gasteiger partial charge in [-0.1, -0.05) is 13.8 Å². The van der Waals surface area contributed by atoms with Crippen molar-refractivity contribution in [2.45, 2.75) is 39.2 Å². The first-order valence-corrected chi connectivity index (χ1v) is 6.55. The molecule has 1 N–H and O–H groups in total. The molecule has 0 unspecified atom stereocenters. The van der Waals surface area contributed by atoms with Crippen LogP contribution in [0.5, 0.6) is 0 Å². The zero-order valence-corrected chi connectivity index (χ0v) is 11.0. The number of aliphatic hydroxyl groups excluding tert-OH is 1. The summed E-state index contributed by atoms with van der Waals surface area (Å²) in [6, 6.07) is 4.71. The van der Waals surface area contributed by atoms with Gasteiger partial charge in [0.1, 0.15) is 0 Å². The zero-order chi connectivity index (χ0) is 12.5. The molecule has 0 spiro atoms. The lowest BCUT2D eigenvalue weighted by Crippen LogP contribution is -2.38. The third-order valence-corrected chi connectivity index (χ3v) is 3.28. The molecule has 0 fully saturated rings. The van der Waals surface area contributed by atoms with Gasteiger partial charge in [-0.3, -0.25) is 9.88 Å². The Bertz CT molecular complexity index is 286. The van der Waals surface area contributed by atoms with E-state index in [1.807, 2.05) is 12.4 Å². The van der Waals surface area contributed by atoms with E-state index in [2.05, 4.69) is 35.9 Å². The lowest BCUT2D eigenvalue weighted by Gasteiger charge is -2.29. The number of rotatable bonds is 8. The van der Waals surface area contributed by atoms with Crippen molar-refractivity contribution in [2.24, 2.45) is 0 Å². The van der Waals surface area contributed by atoms with Crippen LogP contribution < -0.4 is 0 Å². The number of aliphatic hydroxyl groups is 1. The van der Waals surface area contributed by atoms with E-state index in [-0.39, 0.29) is 6.61 Å². The second-order valence-electron chi connectivity index (χ2n) is 4.34. The molecule has 96 valence electrons. The molecule has 0 saturated carbocycles. The summed E-state index contributed by atoms with van der Waals surface area (Å²) in [7, 11) is 0. The minimum Gasteiger partial charge on any atom is -0.395 e. The van der Waals surface area contributed by atoms with Crippen LogP contribution in [-0.2, 0) is 6.42 Å². The first-order chi connectivity index (χ1) is 8.31. The molecule has 1 rings (SSSR count). The maximum Gasteiger partial charge on any atom is 0.0558 e. The Morgan fingerprint density at radius 1 is 1.18 bits per heavy atom. The molecule has 0 saturated heterocycles. The number of hydrogen-bond acceptors (Lipinski definition) is 3. The molecule has 3 heteroatoms. The van der Waals surface area contributed by atoms with Gasteiger partial charge in [-0.25, -0.2) is 0 Å². The van der Waals surface area contributed by atoms with Crippen LogP contribution >= 0.6 is 0 Å². The van der Waals surface area contributed by atoms with Crippen LogP contribution in [0.2, 0.25) is 0 Å². The number of hydrogen-bond donors (Lipinski definition) is 1. The van der Waals surface area contributed by atoms with Gasteiger partial charge in [-0.2, -0.15) is 0 Å². The van der Waals surface area contributed by atoms with Crippen molar-refractivity contribution in [3.63, 3.8) is 0 Å². The molecule has 0 aliphatic heterocycles. The van der Waals surface area contributed by atoms with E-state index in [4.69, 9.17) is 5.11 Å². The van der Waals surface area contributed by atoms with E-state index in [1.54, 1.807) is 0 Å². The monoisotopic (exact) mass is 236 g/mol. The smallest absolute Gasteiger partial charge is 0.0558 e. The van der Waals surface area contributed by atoms with E-state index in [9.17, 15) is 0 Å². The Kier molecular flexibility index (Phi) is 6.82. The highest BCUT2D eigenvalue weighted by Gasteiger charge is 2.13. The van der Waals surface area contributed by atoms with Crippen LogP contribution in [0.15, 0.2) is 24.5 Å². The van der Waals surface area contributed by atoms with Gasteiger partial charge in [0, 0.05) is 31.5 Å². The average Bonchev–Trinajstić information content (AvgIpc) is 2.38. The van der Waals surface area contributed by atoms with E-state index >= 15 is 0 Å². The summed E-state index contributed by atoms with van der Waals surface area (Å²) < 4.78 is 0. The predicted molar refractivity (Wildman–Crippen MR) is 71.0 cm³/mol. The first-order valence-electron chi connectivity index (χ1n) is 6.55. The van der Waals surface area contributed by atoms with Gasteiger partial charge in [-0.05, 0) is 37.0 Å². The zero-order valence-electron chi connectivity index (χ0n) is 11.0. The van der Waals surface area contributed by atoms with E-state index < -0.39 is 0 Å². The van der Waals surface area contributed by atoms with Gasteiger partial charge in [0.15, 0.2) is 0 Å². The van der Waals surface area contributed by atoms with E-state index in [1.165, 1.54) is 5.56 Å². The van der Waals surface area contributed by atoms with Gasteiger partial charge in [0.2, 0.25) is 0 Å². The van der Waals surface area contributed by atoms with Crippen molar-refractivity contribution in [1.29, 1.82) is 0 Å². The Morgan fingerprint density at radius 2 is 1.82 bits per heavy atom. The summed E-state index contributed by atoms with van der Waals surface area (Å²) in [5.74, 6) is 0. The fourth-order valence-corrected chi connectivity index (χ4v) is 2.23. The van der Waals surface area contributed by atoms with Gasteiger partial charge in [0.05, 0.1) is 6.61 Å². The molecule has 0 radical (unpaired) electrons. The molecule has 0 aromatic carbocycles. The Hall–Kier alpha value is -0.930. The van der Waals surface area contributed by atoms with Crippen molar-refractivity contribution in [3.05, 3.63) is 30.1 Å². The van der Waals surface area contributed by atoms with Crippen molar-refractivity contribution in [3.8, 4) is 0 Å². The summed E-state index contributed by atoms with van der Waals surface area (Å²) in [5.41, 5.74) is 1.31. The predicted octanol–water partition coefficient (Wildman–Crippen LogP) is 2.11. The third kappa shape index (κ3) is 4.84. The van der Waals surface area contributed by atoms with Crippen LogP contribution in [0.4, 0.5) is 0 Å². The first kappa shape index (κ1) is 14.1. The standard InChI is InChI=1S/C14H24N2O/c1-3-14(4-2)16(11-12-17)10-7-13-5-8-15-9-6-13/h5-6,8-9,14,17H,3-4,7,10-12H2,1-2H3. The van der Waals surface area contributed by atoms with Crippen LogP contribution in [-0.4, -0.2) is 40.7 Å². The van der Waals surface area contributed by atoms with Crippen LogP contribution in [0.3, 0.4) is 0 Å². The summed E-state index contributed by atoms with van der Waals surface area (Å²) in [4.78, 5) is 6.41. The van der Waals surface area contributed by atoms with Crippen molar-refractivity contribution < 1.29 is 5.11 Å². The van der Waals surface area contributed by atoms with Gasteiger partial charge < -0.3 is 5.11 Å². The van der Waals surface area contributed by atoms with Crippen molar-refractivity contribution >= 4 is 0 Å². The van der Waals surface area contributed by atoms with Crippen molar-refractivity contribution in [1.82, 2.24) is 9.88 Å². The Morgan fingerprint density at radius 3 is 2.35 bits per heavy atom. The molecular weight excluding hydrogens is 212 g/mol. The van der Waals surface area contributed by atoms with Crippen LogP contribution in [0.25, 0.3) is 0 Å². The van der Waals surface area contributed by atoms with Gasteiger partial charge >= 0.3 is 0 Å². The quantitative estimate of drug-likeness (QED) is 0.751. The molecule has 0 bridgehead atoms. The second-order valence-corrected chi connectivity index (χ2v) is 4.34. The molecular formula is C14H24N2O. The van der Waals surface area contributed by atoms with Gasteiger partial charge in [-0.15, -0.1) is 0 Å². The summed E-state index contributed by atoms with van der Waals surface area (Å²) >= 11 is 0. The number of pyridine rings is 1. The molecule has 0 aliphatic carbocycles. The summed E-state index contributed by atoms with van der Waals surface area (Å²) in [6.45, 7) is 6.46. The SMILES string of the molecule is CCC(CC)N(CCO)CCc1ccncc1. The highest BCUT2D eigenvalue weighted by atomic mass is 16.3. The molecule has 1 aromatic heterocycles. The van der Waals surface area contributed by atoms with Gasteiger partial charge in [0.25, 0.3) is 0 Å². The highest BCUT2D eigenvalue weighted by Crippen LogP contribution is 2.09. The molecule has 1 aromatic rings. The van der Waals surface area contributed by atoms with E-state index in [0.717, 1.165) is 32.4 Å². The minimum atomic E-state index is 0.243. The topological polar surface area (TPSA) is 36.4 Å². The largest absolute Gasteiger partial charge is 0.395 e. The second kappa shape index (κ2) is 8.20. The molecule has 1 heterocycles. The normalized spacial score (nSPS) is 11.4. The number of aromatic nitrogens is 1. The van der Waals surface area contributed by atoms with Crippen LogP contribution in [0, 0.1) is 0 Å². The third-order valence-electron chi connectivity index (χ3n) is 3.28. The molecule has 0 amide bonds. The summed E-state index contributed by atoms with van der Waals surface area (Å²) in [5, 5.41) is 9.12. The molecule has 0 atom stereocenters. The maximum atomic E-state index is 9.12. The fraction of sp³-hybridized carbons (Fsp3) is 0.643. The fourth-order valence-electron chi connectivity index (χ4n) is 2.23. The average molecular weight is 236 g/mol. The molecule has 3 nitrogen and oxygen atoms in total. The Balaban J connectivity index is 2.49. The van der Waals surface area contributed by atoms with Crippen LogP contribution in [0.1, 0.15) is 32.3 Å².